The summed E-state index contributed by atoms with van der Waals surface area (Å²) in [6.45, 7) is 0. The Morgan fingerprint density at radius 2 is 2.29 bits per heavy atom. The molecule has 6 heteroatoms. The SMILES string of the molecule is COc1c(C(F)F)cc(Br)nc1C=O. The van der Waals surface area contributed by atoms with E-state index in [1.165, 1.54) is 7.11 Å². The van der Waals surface area contributed by atoms with Crippen LogP contribution < -0.4 is 4.74 Å². The van der Waals surface area contributed by atoms with Crippen molar-refractivity contribution in [3.05, 3.63) is 21.9 Å². The van der Waals surface area contributed by atoms with Crippen molar-refractivity contribution in [3.8, 4) is 5.75 Å². The summed E-state index contributed by atoms with van der Waals surface area (Å²) in [6, 6.07) is 1.12. The van der Waals surface area contributed by atoms with Gasteiger partial charge in [-0.3, -0.25) is 4.79 Å². The maximum absolute atomic E-state index is 12.5. The molecule has 1 rings (SSSR count). The van der Waals surface area contributed by atoms with Crippen LogP contribution in [0.1, 0.15) is 22.5 Å². The van der Waals surface area contributed by atoms with Gasteiger partial charge < -0.3 is 4.74 Å². The fraction of sp³-hybridized carbons (Fsp3) is 0.250. The molecule has 1 aromatic rings. The lowest BCUT2D eigenvalue weighted by atomic mass is 10.2. The Morgan fingerprint density at radius 3 is 2.71 bits per heavy atom. The first kappa shape index (κ1) is 11.0. The maximum atomic E-state index is 12.5. The molecule has 0 unspecified atom stereocenters. The Labute approximate surface area is 87.2 Å². The number of nitrogens with zero attached hydrogens (tertiary/aromatic N) is 1. The average molecular weight is 266 g/mol. The number of carbonyl (C=O) groups excluding carboxylic acids is 1. The topological polar surface area (TPSA) is 39.2 Å². The third-order valence-electron chi connectivity index (χ3n) is 1.55. The van der Waals surface area contributed by atoms with E-state index in [-0.39, 0.29) is 21.6 Å². The lowest BCUT2D eigenvalue weighted by Crippen LogP contribution is -2.00. The van der Waals surface area contributed by atoms with Crippen LogP contribution in [0.4, 0.5) is 8.78 Å². The molecule has 0 saturated carbocycles. The first-order valence-electron chi connectivity index (χ1n) is 3.58. The molecule has 0 amide bonds. The Balaban J connectivity index is 3.39. The van der Waals surface area contributed by atoms with Gasteiger partial charge in [0.05, 0.1) is 12.7 Å². The van der Waals surface area contributed by atoms with Gasteiger partial charge in [-0.2, -0.15) is 0 Å². The smallest absolute Gasteiger partial charge is 0.267 e. The van der Waals surface area contributed by atoms with Gasteiger partial charge in [0.2, 0.25) is 0 Å². The number of ether oxygens (including phenoxy) is 1. The quantitative estimate of drug-likeness (QED) is 0.623. The van der Waals surface area contributed by atoms with E-state index in [9.17, 15) is 13.6 Å². The number of aromatic nitrogens is 1. The summed E-state index contributed by atoms with van der Waals surface area (Å²) in [4.78, 5) is 14.2. The van der Waals surface area contributed by atoms with Crippen LogP contribution in [0.3, 0.4) is 0 Å². The zero-order chi connectivity index (χ0) is 10.7. The number of aldehydes is 1. The summed E-state index contributed by atoms with van der Waals surface area (Å²) in [5.41, 5.74) is -0.492. The molecule has 0 saturated heterocycles. The number of halogens is 3. The van der Waals surface area contributed by atoms with Crippen LogP contribution in [-0.4, -0.2) is 18.4 Å². The highest BCUT2D eigenvalue weighted by Gasteiger charge is 2.19. The molecule has 0 radical (unpaired) electrons. The van der Waals surface area contributed by atoms with E-state index >= 15 is 0 Å². The van der Waals surface area contributed by atoms with Crippen molar-refractivity contribution >= 4 is 22.2 Å². The fourth-order valence-electron chi connectivity index (χ4n) is 1.00. The highest BCUT2D eigenvalue weighted by atomic mass is 79.9. The van der Waals surface area contributed by atoms with Crippen molar-refractivity contribution in [3.63, 3.8) is 0 Å². The molecule has 0 fully saturated rings. The highest BCUT2D eigenvalue weighted by Crippen LogP contribution is 2.32. The Kier molecular flexibility index (Phi) is 3.51. The molecule has 0 atom stereocenters. The summed E-state index contributed by atoms with van der Waals surface area (Å²) in [5, 5.41) is 0. The van der Waals surface area contributed by atoms with Gasteiger partial charge in [0, 0.05) is 0 Å². The lowest BCUT2D eigenvalue weighted by Gasteiger charge is -2.09. The van der Waals surface area contributed by atoms with Crippen molar-refractivity contribution in [1.82, 2.24) is 4.98 Å². The molecule has 76 valence electrons. The van der Waals surface area contributed by atoms with Gasteiger partial charge in [-0.25, -0.2) is 13.8 Å². The second kappa shape index (κ2) is 4.45. The van der Waals surface area contributed by atoms with Crippen LogP contribution in [-0.2, 0) is 0 Å². The molecule has 0 aliphatic rings. The van der Waals surface area contributed by atoms with Crippen LogP contribution in [0.15, 0.2) is 10.7 Å². The molecule has 3 nitrogen and oxygen atoms in total. The Hall–Kier alpha value is -1.04. The molecule has 0 aromatic carbocycles. The molecule has 1 aromatic heterocycles. The fourth-order valence-corrected chi connectivity index (χ4v) is 1.44. The number of alkyl halides is 2. The van der Waals surface area contributed by atoms with Gasteiger partial charge in [0.25, 0.3) is 6.43 Å². The van der Waals surface area contributed by atoms with Gasteiger partial charge >= 0.3 is 0 Å². The Bertz CT molecular complexity index is 357. The van der Waals surface area contributed by atoms with Gasteiger partial charge in [0.15, 0.2) is 12.0 Å². The zero-order valence-corrected chi connectivity index (χ0v) is 8.72. The molecule has 0 spiro atoms. The van der Waals surface area contributed by atoms with E-state index < -0.39 is 6.43 Å². The number of pyridine rings is 1. The maximum Gasteiger partial charge on any atom is 0.267 e. The van der Waals surface area contributed by atoms with E-state index in [1.807, 2.05) is 0 Å². The largest absolute Gasteiger partial charge is 0.494 e. The molecule has 14 heavy (non-hydrogen) atoms. The van der Waals surface area contributed by atoms with E-state index in [0.29, 0.717) is 6.29 Å². The number of methoxy groups -OCH3 is 1. The minimum absolute atomic E-state index is 0.142. The minimum atomic E-state index is -2.71. The summed E-state index contributed by atoms with van der Waals surface area (Å²) < 4.78 is 29.8. The van der Waals surface area contributed by atoms with Crippen LogP contribution >= 0.6 is 15.9 Å². The molecular weight excluding hydrogens is 260 g/mol. The second-order valence-corrected chi connectivity index (χ2v) is 3.18. The second-order valence-electron chi connectivity index (χ2n) is 2.37. The van der Waals surface area contributed by atoms with Crippen molar-refractivity contribution in [1.29, 1.82) is 0 Å². The van der Waals surface area contributed by atoms with Crippen LogP contribution in [0.5, 0.6) is 5.75 Å². The first-order valence-corrected chi connectivity index (χ1v) is 4.37. The van der Waals surface area contributed by atoms with E-state index in [2.05, 4.69) is 25.7 Å². The third-order valence-corrected chi connectivity index (χ3v) is 1.95. The molecule has 0 aliphatic carbocycles. The number of hydrogen-bond acceptors (Lipinski definition) is 3. The van der Waals surface area contributed by atoms with Gasteiger partial charge in [-0.05, 0) is 22.0 Å². The summed E-state index contributed by atoms with van der Waals surface area (Å²) in [7, 11) is 1.21. The van der Waals surface area contributed by atoms with Crippen LogP contribution in [0.2, 0.25) is 0 Å². The Morgan fingerprint density at radius 1 is 1.64 bits per heavy atom. The predicted octanol–water partition coefficient (Wildman–Crippen LogP) is 2.60. The summed E-state index contributed by atoms with van der Waals surface area (Å²) in [5.74, 6) is -0.182. The predicted molar refractivity (Wildman–Crippen MR) is 48.8 cm³/mol. The number of carbonyl (C=O) groups is 1. The minimum Gasteiger partial charge on any atom is -0.494 e. The first-order chi connectivity index (χ1) is 6.60. The standard InChI is InChI=1S/C8H6BrF2NO2/c1-14-7-4(8(10)11)2-6(9)12-5(7)3-13/h2-3,8H,1H3. The monoisotopic (exact) mass is 265 g/mol. The van der Waals surface area contributed by atoms with Crippen molar-refractivity contribution < 1.29 is 18.3 Å². The molecular formula is C8H6BrF2NO2. The average Bonchev–Trinajstić information content (AvgIpc) is 2.16. The lowest BCUT2D eigenvalue weighted by molar-refractivity contribution is 0.111. The van der Waals surface area contributed by atoms with Gasteiger partial charge in [-0.15, -0.1) is 0 Å². The molecule has 0 N–H and O–H groups in total. The summed E-state index contributed by atoms with van der Waals surface area (Å²) in [6.07, 6.45) is -2.34. The molecule has 1 heterocycles. The molecule has 0 bridgehead atoms. The normalized spacial score (nSPS) is 10.4. The van der Waals surface area contributed by atoms with Crippen LogP contribution in [0, 0.1) is 0 Å². The van der Waals surface area contributed by atoms with E-state index in [0.717, 1.165) is 6.07 Å². The van der Waals surface area contributed by atoms with Crippen LogP contribution in [0.25, 0.3) is 0 Å². The summed E-state index contributed by atoms with van der Waals surface area (Å²) >= 11 is 2.93. The van der Waals surface area contributed by atoms with E-state index in [4.69, 9.17) is 0 Å². The van der Waals surface area contributed by atoms with Gasteiger partial charge in [0.1, 0.15) is 10.3 Å². The van der Waals surface area contributed by atoms with Crippen molar-refractivity contribution in [2.45, 2.75) is 6.43 Å². The van der Waals surface area contributed by atoms with Crippen molar-refractivity contribution in [2.24, 2.45) is 0 Å². The number of rotatable bonds is 3. The zero-order valence-electron chi connectivity index (χ0n) is 7.13. The van der Waals surface area contributed by atoms with Gasteiger partial charge in [-0.1, -0.05) is 0 Å². The highest BCUT2D eigenvalue weighted by molar-refractivity contribution is 9.10. The van der Waals surface area contributed by atoms with E-state index in [1.54, 1.807) is 0 Å². The number of hydrogen-bond donors (Lipinski definition) is 0. The third kappa shape index (κ3) is 2.06. The van der Waals surface area contributed by atoms with Crippen molar-refractivity contribution in [2.75, 3.05) is 7.11 Å². The molecule has 0 aliphatic heterocycles.